The monoisotopic (exact) mass is 487 g/mol. The number of benzene rings is 1. The third-order valence-corrected chi connectivity index (χ3v) is 5.22. The fraction of sp³-hybridized carbons (Fsp3) is 0.520. The van der Waals surface area contributed by atoms with Crippen molar-refractivity contribution in [1.29, 1.82) is 0 Å². The first-order chi connectivity index (χ1) is 16.5. The van der Waals surface area contributed by atoms with Crippen molar-refractivity contribution in [3.05, 3.63) is 30.0 Å². The molecule has 35 heavy (non-hydrogen) atoms. The van der Waals surface area contributed by atoms with Gasteiger partial charge in [0, 0.05) is 19.0 Å². The number of aromatic nitrogens is 2. The molecule has 1 atom stereocenters. The summed E-state index contributed by atoms with van der Waals surface area (Å²) in [7, 11) is 3.16. The maximum Gasteiger partial charge on any atom is 0.272 e. The van der Waals surface area contributed by atoms with Crippen LogP contribution in [-0.4, -0.2) is 54.3 Å². The summed E-state index contributed by atoms with van der Waals surface area (Å²) >= 11 is 0. The van der Waals surface area contributed by atoms with Crippen molar-refractivity contribution in [2.45, 2.75) is 53.1 Å². The average molecular weight is 488 g/mol. The van der Waals surface area contributed by atoms with E-state index in [0.29, 0.717) is 35.7 Å². The average Bonchev–Trinajstić information content (AvgIpc) is 3.19. The Hall–Kier alpha value is -3.56. The molecule has 0 aliphatic heterocycles. The Morgan fingerprint density at radius 2 is 1.69 bits per heavy atom. The van der Waals surface area contributed by atoms with Crippen molar-refractivity contribution in [2.75, 3.05) is 20.8 Å². The number of primary amides is 1. The summed E-state index contributed by atoms with van der Waals surface area (Å²) in [5, 5.41) is 9.98. The second-order valence-electron chi connectivity index (χ2n) is 9.28. The van der Waals surface area contributed by atoms with Gasteiger partial charge in [0.2, 0.25) is 11.8 Å². The van der Waals surface area contributed by atoms with E-state index in [1.165, 1.54) is 0 Å². The van der Waals surface area contributed by atoms with Crippen LogP contribution in [0.2, 0.25) is 0 Å². The second-order valence-corrected chi connectivity index (χ2v) is 9.28. The SMILES string of the molecule is COc1cccc(OC)c1-c1cc(C(=O)NC(CC(=O)NCC(N)=O)CC(C)C)nn1CC(C)C. The smallest absolute Gasteiger partial charge is 0.272 e. The second kappa shape index (κ2) is 12.8. The number of nitrogens with zero attached hydrogens (tertiary/aromatic N) is 2. The number of carbonyl (C=O) groups is 3. The van der Waals surface area contributed by atoms with Gasteiger partial charge in [0.25, 0.3) is 5.91 Å². The van der Waals surface area contributed by atoms with Crippen LogP contribution >= 0.6 is 0 Å². The highest BCUT2D eigenvalue weighted by atomic mass is 16.5. The maximum absolute atomic E-state index is 13.2. The van der Waals surface area contributed by atoms with E-state index in [0.717, 1.165) is 0 Å². The third-order valence-electron chi connectivity index (χ3n) is 5.22. The number of hydrogen-bond acceptors (Lipinski definition) is 6. The Kier molecular flexibility index (Phi) is 10.1. The summed E-state index contributed by atoms with van der Waals surface area (Å²) in [6.45, 7) is 8.47. The van der Waals surface area contributed by atoms with Gasteiger partial charge in [-0.1, -0.05) is 33.8 Å². The molecule has 3 amide bonds. The van der Waals surface area contributed by atoms with Crippen LogP contribution < -0.4 is 25.8 Å². The van der Waals surface area contributed by atoms with Crippen LogP contribution in [0.15, 0.2) is 24.3 Å². The summed E-state index contributed by atoms with van der Waals surface area (Å²) in [4.78, 5) is 36.4. The molecular formula is C25H37N5O5. The van der Waals surface area contributed by atoms with Gasteiger partial charge >= 0.3 is 0 Å². The molecule has 0 bridgehead atoms. The Bertz CT molecular complexity index is 1010. The minimum atomic E-state index is -0.627. The lowest BCUT2D eigenvalue weighted by Gasteiger charge is -2.19. The fourth-order valence-electron chi connectivity index (χ4n) is 3.82. The van der Waals surface area contributed by atoms with Gasteiger partial charge in [-0.15, -0.1) is 0 Å². The van der Waals surface area contributed by atoms with Gasteiger partial charge in [0.1, 0.15) is 11.5 Å². The molecule has 1 aromatic heterocycles. The summed E-state index contributed by atoms with van der Waals surface area (Å²) in [6.07, 6.45) is 0.604. The van der Waals surface area contributed by atoms with Gasteiger partial charge in [-0.25, -0.2) is 0 Å². The number of carbonyl (C=O) groups excluding carboxylic acids is 3. The van der Waals surface area contributed by atoms with Crippen molar-refractivity contribution >= 4 is 17.7 Å². The zero-order valence-electron chi connectivity index (χ0n) is 21.4. The molecule has 0 saturated carbocycles. The fourth-order valence-corrected chi connectivity index (χ4v) is 3.82. The zero-order valence-corrected chi connectivity index (χ0v) is 21.4. The van der Waals surface area contributed by atoms with Gasteiger partial charge in [0.15, 0.2) is 5.69 Å². The van der Waals surface area contributed by atoms with Crippen LogP contribution in [0.4, 0.5) is 0 Å². The molecule has 0 aliphatic rings. The molecule has 0 radical (unpaired) electrons. The summed E-state index contributed by atoms with van der Waals surface area (Å²) in [5.41, 5.74) is 6.71. The summed E-state index contributed by atoms with van der Waals surface area (Å²) in [5.74, 6) is 0.326. The molecule has 2 aromatic rings. The quantitative estimate of drug-likeness (QED) is 0.397. The van der Waals surface area contributed by atoms with Gasteiger partial charge in [-0.2, -0.15) is 5.10 Å². The molecule has 1 unspecified atom stereocenters. The molecule has 192 valence electrons. The lowest BCUT2D eigenvalue weighted by molar-refractivity contribution is -0.125. The molecule has 0 fully saturated rings. The molecule has 10 heteroatoms. The first-order valence-electron chi connectivity index (χ1n) is 11.7. The molecule has 0 spiro atoms. The van der Waals surface area contributed by atoms with Gasteiger partial charge < -0.3 is 25.8 Å². The number of nitrogens with one attached hydrogen (secondary N) is 2. The topological polar surface area (TPSA) is 138 Å². The van der Waals surface area contributed by atoms with Crippen LogP contribution in [0.25, 0.3) is 11.3 Å². The van der Waals surface area contributed by atoms with E-state index in [-0.39, 0.29) is 36.4 Å². The molecule has 1 aromatic carbocycles. The largest absolute Gasteiger partial charge is 0.496 e. The van der Waals surface area contributed by atoms with Crippen LogP contribution in [0.3, 0.4) is 0 Å². The number of methoxy groups -OCH3 is 2. The first kappa shape index (κ1) is 27.7. The van der Waals surface area contributed by atoms with Crippen molar-refractivity contribution in [3.63, 3.8) is 0 Å². The third kappa shape index (κ3) is 8.01. The molecule has 4 N–H and O–H groups in total. The van der Waals surface area contributed by atoms with E-state index in [2.05, 4.69) is 29.6 Å². The molecule has 0 saturated heterocycles. The lowest BCUT2D eigenvalue weighted by Crippen LogP contribution is -2.41. The summed E-state index contributed by atoms with van der Waals surface area (Å²) < 4.78 is 12.9. The molecular weight excluding hydrogens is 450 g/mol. The van der Waals surface area contributed by atoms with Crippen molar-refractivity contribution in [3.8, 4) is 22.8 Å². The van der Waals surface area contributed by atoms with E-state index < -0.39 is 17.9 Å². The van der Waals surface area contributed by atoms with E-state index in [4.69, 9.17) is 15.2 Å². The Morgan fingerprint density at radius 3 is 2.20 bits per heavy atom. The van der Waals surface area contributed by atoms with Crippen LogP contribution in [0, 0.1) is 11.8 Å². The number of nitrogens with two attached hydrogens (primary N) is 1. The van der Waals surface area contributed by atoms with Crippen LogP contribution in [0.1, 0.15) is 51.0 Å². The standard InChI is InChI=1S/C25H37N5O5/c1-15(2)10-17(11-23(32)27-13-22(26)31)28-25(33)18-12-19(30(29-18)14-16(3)4)24-20(34-5)8-7-9-21(24)35-6/h7-9,12,15-17H,10-11,13-14H2,1-6H3,(H2,26,31)(H,27,32)(H,28,33). The highest BCUT2D eigenvalue weighted by Crippen LogP contribution is 2.38. The Morgan fingerprint density at radius 1 is 1.06 bits per heavy atom. The highest BCUT2D eigenvalue weighted by Gasteiger charge is 2.24. The van der Waals surface area contributed by atoms with Crippen LogP contribution in [0.5, 0.6) is 11.5 Å². The van der Waals surface area contributed by atoms with Crippen molar-refractivity contribution in [1.82, 2.24) is 20.4 Å². The van der Waals surface area contributed by atoms with Crippen molar-refractivity contribution in [2.24, 2.45) is 17.6 Å². The Labute approximate surface area is 206 Å². The molecule has 1 heterocycles. The number of hydrogen-bond donors (Lipinski definition) is 3. The van der Waals surface area contributed by atoms with Gasteiger partial charge in [-0.3, -0.25) is 19.1 Å². The predicted octanol–water partition coefficient (Wildman–Crippen LogP) is 2.36. The Balaban J connectivity index is 2.37. The van der Waals surface area contributed by atoms with Gasteiger partial charge in [0.05, 0.1) is 32.0 Å². The minimum absolute atomic E-state index is 0.0249. The summed E-state index contributed by atoms with van der Waals surface area (Å²) in [6, 6.07) is 6.76. The highest BCUT2D eigenvalue weighted by molar-refractivity contribution is 5.94. The number of rotatable bonds is 13. The predicted molar refractivity (Wildman–Crippen MR) is 133 cm³/mol. The molecule has 10 nitrogen and oxygen atoms in total. The van der Waals surface area contributed by atoms with Crippen LogP contribution in [-0.2, 0) is 16.1 Å². The van der Waals surface area contributed by atoms with Gasteiger partial charge in [-0.05, 0) is 36.5 Å². The van der Waals surface area contributed by atoms with E-state index in [1.54, 1.807) is 25.0 Å². The van der Waals surface area contributed by atoms with E-state index in [1.807, 2.05) is 32.0 Å². The maximum atomic E-state index is 13.2. The molecule has 2 rings (SSSR count). The van der Waals surface area contributed by atoms with E-state index >= 15 is 0 Å². The molecule has 0 aliphatic carbocycles. The lowest BCUT2D eigenvalue weighted by atomic mass is 10.0. The minimum Gasteiger partial charge on any atom is -0.496 e. The first-order valence-corrected chi connectivity index (χ1v) is 11.7. The van der Waals surface area contributed by atoms with E-state index in [9.17, 15) is 14.4 Å². The number of ether oxygens (including phenoxy) is 2. The zero-order chi connectivity index (χ0) is 26.1. The normalized spacial score (nSPS) is 11.9. The number of amides is 3. The van der Waals surface area contributed by atoms with Crippen molar-refractivity contribution < 1.29 is 23.9 Å².